The first-order chi connectivity index (χ1) is 32.8. The Morgan fingerprint density at radius 3 is 1.36 bits per heavy atom. The van der Waals surface area contributed by atoms with E-state index in [0.29, 0.717) is 27.8 Å². The zero-order valence-corrected chi connectivity index (χ0v) is 38.9. The minimum absolute atomic E-state index is 0.126. The van der Waals surface area contributed by atoms with E-state index >= 15 is 0 Å². The molecule has 0 bridgehead atoms. The average molecular weight is 921 g/mol. The van der Waals surface area contributed by atoms with Crippen molar-refractivity contribution in [3.63, 3.8) is 0 Å². The predicted molar refractivity (Wildman–Crippen MR) is 276 cm³/mol. The molecule has 15 rings (SSSR count). The predicted octanol–water partition coefficient (Wildman–Crippen LogP) is 15.9. The smallest absolute Gasteiger partial charge is 0.197 e. The van der Waals surface area contributed by atoms with Crippen LogP contribution >= 0.6 is 34.0 Å². The molecular weight excluding hydrogens is 881 g/mol. The molecule has 2 fully saturated rings. The molecule has 2 saturated carbocycles. The van der Waals surface area contributed by atoms with E-state index in [9.17, 15) is 19.2 Å². The van der Waals surface area contributed by atoms with Crippen LogP contribution in [-0.4, -0.2) is 23.1 Å². The Morgan fingerprint density at radius 2 is 0.866 bits per heavy atom. The summed E-state index contributed by atoms with van der Waals surface area (Å²) in [5.74, 6) is -0.708. The molecule has 0 atom stereocenters. The van der Waals surface area contributed by atoms with Gasteiger partial charge in [-0.15, -0.1) is 34.0 Å². The van der Waals surface area contributed by atoms with Gasteiger partial charge >= 0.3 is 0 Å². The Labute approximate surface area is 398 Å². The summed E-state index contributed by atoms with van der Waals surface area (Å²) in [5, 5.41) is 8.33. The fourth-order valence-corrected chi connectivity index (χ4v) is 17.8. The average Bonchev–Trinajstić information content (AvgIpc) is 4.19. The lowest BCUT2D eigenvalue weighted by molar-refractivity contribution is 0.0974. The lowest BCUT2D eigenvalue weighted by atomic mass is 9.61. The summed E-state index contributed by atoms with van der Waals surface area (Å²) in [4.78, 5) is 62.0. The Hall–Kier alpha value is -6.38. The van der Waals surface area contributed by atoms with Gasteiger partial charge in [0.2, 0.25) is 0 Å². The van der Waals surface area contributed by atoms with Crippen molar-refractivity contribution in [1.29, 1.82) is 0 Å². The highest BCUT2D eigenvalue weighted by atomic mass is 32.1. The van der Waals surface area contributed by atoms with E-state index in [2.05, 4.69) is 60.7 Å². The monoisotopic (exact) mass is 920 g/mol. The Balaban J connectivity index is 0.822. The molecule has 4 nitrogen and oxygen atoms in total. The number of benzene rings is 6. The first kappa shape index (κ1) is 38.7. The van der Waals surface area contributed by atoms with E-state index < -0.39 is 0 Å². The number of thiophene rings is 3. The maximum absolute atomic E-state index is 14.4. The fraction of sp³-hybridized carbons (Fsp3) is 0.200. The summed E-state index contributed by atoms with van der Waals surface area (Å²) in [5.41, 5.74) is 7.79. The summed E-state index contributed by atoms with van der Waals surface area (Å²) >= 11 is 5.54. The molecule has 0 N–H and O–H groups in total. The van der Waals surface area contributed by atoms with Crippen LogP contribution in [0.1, 0.15) is 132 Å². The highest BCUT2D eigenvalue weighted by Crippen LogP contribution is 2.69. The lowest BCUT2D eigenvalue weighted by Gasteiger charge is -2.42. The third kappa shape index (κ3) is 5.17. The van der Waals surface area contributed by atoms with Gasteiger partial charge in [0.05, 0.1) is 20.7 Å². The van der Waals surface area contributed by atoms with Gasteiger partial charge in [-0.25, -0.2) is 0 Å². The molecule has 6 aromatic carbocycles. The van der Waals surface area contributed by atoms with Gasteiger partial charge in [0, 0.05) is 58.0 Å². The van der Waals surface area contributed by atoms with Crippen molar-refractivity contribution in [3.8, 4) is 9.75 Å². The first-order valence-electron chi connectivity index (χ1n) is 23.8. The van der Waals surface area contributed by atoms with Crippen LogP contribution in [0.5, 0.6) is 0 Å². The number of allylic oxidation sites excluding steroid dienone is 4. The minimum atomic E-state index is -0.249. The number of rotatable bonds is 2. The quantitative estimate of drug-likeness (QED) is 0.0984. The highest BCUT2D eigenvalue weighted by Gasteiger charge is 2.55. The second kappa shape index (κ2) is 13.6. The molecule has 3 heterocycles. The highest BCUT2D eigenvalue weighted by molar-refractivity contribution is 7.32. The molecule has 0 radical (unpaired) electrons. The Bertz CT molecular complexity index is 3810. The summed E-state index contributed by atoms with van der Waals surface area (Å²) in [6, 6.07) is 34.8. The van der Waals surface area contributed by atoms with Crippen molar-refractivity contribution < 1.29 is 19.2 Å². The Morgan fingerprint density at radius 1 is 0.418 bits per heavy atom. The third-order valence-electron chi connectivity index (χ3n) is 16.4. The van der Waals surface area contributed by atoms with Crippen molar-refractivity contribution in [2.24, 2.45) is 0 Å². The number of Topliss-reactive ketones (excluding diaryl/α,β-unsaturated/α-hetero) is 4. The molecule has 7 heteroatoms. The molecule has 0 amide bonds. The molecule has 2 spiro atoms. The van der Waals surface area contributed by atoms with Crippen LogP contribution in [0.2, 0.25) is 0 Å². The van der Waals surface area contributed by atoms with E-state index in [0.717, 1.165) is 105 Å². The maximum atomic E-state index is 14.4. The van der Waals surface area contributed by atoms with Crippen LogP contribution in [0.25, 0.3) is 74.4 Å². The summed E-state index contributed by atoms with van der Waals surface area (Å²) in [6.45, 7) is 0. The topological polar surface area (TPSA) is 68.3 Å². The van der Waals surface area contributed by atoms with E-state index in [1.807, 2.05) is 83.4 Å². The summed E-state index contributed by atoms with van der Waals surface area (Å²) < 4.78 is 2.52. The van der Waals surface area contributed by atoms with E-state index in [1.165, 1.54) is 53.6 Å². The van der Waals surface area contributed by atoms with Crippen molar-refractivity contribution in [1.82, 2.24) is 0 Å². The van der Waals surface area contributed by atoms with Crippen LogP contribution in [0.3, 0.4) is 0 Å². The lowest BCUT2D eigenvalue weighted by Crippen LogP contribution is -2.35. The minimum Gasteiger partial charge on any atom is -0.288 e. The molecule has 0 aliphatic heterocycles. The normalized spacial score (nSPS) is 18.8. The summed E-state index contributed by atoms with van der Waals surface area (Å²) in [7, 11) is 0. The molecular formula is C60H40O4S3. The van der Waals surface area contributed by atoms with Crippen molar-refractivity contribution in [2.45, 2.75) is 75.0 Å². The largest absolute Gasteiger partial charge is 0.288 e. The van der Waals surface area contributed by atoms with Gasteiger partial charge in [-0.3, -0.25) is 19.2 Å². The van der Waals surface area contributed by atoms with Crippen LogP contribution in [0.4, 0.5) is 0 Å². The van der Waals surface area contributed by atoms with Gasteiger partial charge in [0.25, 0.3) is 0 Å². The number of carbonyl (C=O) groups excluding carboxylic acids is 4. The van der Waals surface area contributed by atoms with Crippen LogP contribution in [-0.2, 0) is 10.8 Å². The van der Waals surface area contributed by atoms with Crippen molar-refractivity contribution >= 4 is 122 Å². The summed E-state index contributed by atoms with van der Waals surface area (Å²) in [6.07, 6.45) is 17.4. The molecule has 322 valence electrons. The molecule has 6 aliphatic carbocycles. The maximum Gasteiger partial charge on any atom is 0.197 e. The molecule has 3 aromatic heterocycles. The van der Waals surface area contributed by atoms with E-state index in [1.54, 1.807) is 11.3 Å². The third-order valence-corrected chi connectivity index (χ3v) is 20.1. The molecule has 0 saturated heterocycles. The number of fused-ring (bicyclic) bond motifs is 16. The molecule has 6 aliphatic rings. The molecule has 9 aromatic rings. The standard InChI is InChI=1S/C60H40O4S3/c61-52-41-23-35-19-31-11-3-4-12-32(31)20-36(35)24-42(41)53(62)45(52)27-39-28-47-49(59(39)15-7-1-8-16-59)50-57(66-47)58-51(60(50)17-9-2-10-18-60)56-48(67-58)30-40(65-56)29-46-54(63)43-25-37-21-33-13-5-6-14-34(33)22-38(37)26-44(43)55(46)64/h3-6,11-14,19-30H,1-2,7-10,15-18H2. The van der Waals surface area contributed by atoms with Gasteiger partial charge in [-0.05, 0) is 158 Å². The van der Waals surface area contributed by atoms with Gasteiger partial charge in [0.15, 0.2) is 23.1 Å². The fourth-order valence-electron chi connectivity index (χ4n) is 13.4. The second-order valence-corrected chi connectivity index (χ2v) is 23.1. The van der Waals surface area contributed by atoms with Crippen molar-refractivity contribution in [2.75, 3.05) is 0 Å². The number of ketones is 4. The van der Waals surface area contributed by atoms with Gasteiger partial charge < -0.3 is 0 Å². The zero-order chi connectivity index (χ0) is 44.5. The number of carbonyl (C=O) groups is 4. The number of hydrogen-bond acceptors (Lipinski definition) is 7. The van der Waals surface area contributed by atoms with Crippen LogP contribution < -0.4 is 0 Å². The number of hydrogen-bond donors (Lipinski definition) is 0. The van der Waals surface area contributed by atoms with E-state index in [-0.39, 0.29) is 39.5 Å². The Kier molecular flexibility index (Phi) is 7.87. The molecule has 0 unspecified atom stereocenters. The van der Waals surface area contributed by atoms with Gasteiger partial charge in [0.1, 0.15) is 0 Å². The van der Waals surface area contributed by atoms with Gasteiger partial charge in [-0.2, -0.15) is 0 Å². The van der Waals surface area contributed by atoms with Crippen molar-refractivity contribution in [3.05, 3.63) is 175 Å². The first-order valence-corrected chi connectivity index (χ1v) is 26.2. The molecule has 67 heavy (non-hydrogen) atoms. The van der Waals surface area contributed by atoms with Crippen LogP contribution in [0.15, 0.2) is 126 Å². The van der Waals surface area contributed by atoms with E-state index in [4.69, 9.17) is 0 Å². The van der Waals surface area contributed by atoms with Gasteiger partial charge in [-0.1, -0.05) is 87.1 Å². The SMILES string of the molecule is O=C1C(=CC2=Cc3sc4c(c3C23CCCCC3)C2(CCCCC2)c2c-4sc3cc(C=C4C(=O)c5cc6cc7ccccc7cc6cc5C4=O)sc23)C(=O)c2cc3cc4ccccc4cc3cc21. The van der Waals surface area contributed by atoms with Crippen LogP contribution in [0, 0.1) is 0 Å². The zero-order valence-electron chi connectivity index (χ0n) is 36.5. The second-order valence-electron chi connectivity index (χ2n) is 19.9.